The molecule has 0 bridgehead atoms. The van der Waals surface area contributed by atoms with Crippen molar-refractivity contribution in [1.82, 2.24) is 5.20 Å². The Kier molecular flexibility index (Phi) is 6.32. The smallest absolute Gasteiger partial charge is 0.387 e. The second-order valence-electron chi connectivity index (χ2n) is 5.59. The minimum Gasteiger partial charge on any atom is -0.435 e. The summed E-state index contributed by atoms with van der Waals surface area (Å²) in [5, 5.41) is 9.51. The Labute approximate surface area is 161 Å². The average Bonchev–Trinajstić information content (AvgIpc) is 2.70. The molecule has 0 amide bonds. The SMILES string of the molecule is FC(F)Oc1ccc(C=NNP(=S)(c2ccccc2)c2ccccc2)cc1. The van der Waals surface area contributed by atoms with Crippen LogP contribution in [0.1, 0.15) is 5.56 Å². The number of hydrogen-bond donors (Lipinski definition) is 1. The average molecular weight is 402 g/mol. The van der Waals surface area contributed by atoms with Gasteiger partial charge >= 0.3 is 6.61 Å². The van der Waals surface area contributed by atoms with Crippen molar-refractivity contribution in [3.8, 4) is 5.75 Å². The maximum absolute atomic E-state index is 12.2. The molecule has 0 aliphatic heterocycles. The summed E-state index contributed by atoms with van der Waals surface area (Å²) in [6, 6.07) is 25.9. The molecule has 27 heavy (non-hydrogen) atoms. The van der Waals surface area contributed by atoms with Crippen molar-refractivity contribution in [2.45, 2.75) is 6.61 Å². The van der Waals surface area contributed by atoms with Gasteiger partial charge in [0, 0.05) is 10.6 Å². The van der Waals surface area contributed by atoms with E-state index in [2.05, 4.69) is 15.0 Å². The van der Waals surface area contributed by atoms with Crippen LogP contribution in [0.15, 0.2) is 90.0 Å². The summed E-state index contributed by atoms with van der Waals surface area (Å²) in [6.45, 7) is -2.84. The molecule has 3 nitrogen and oxygen atoms in total. The van der Waals surface area contributed by atoms with Gasteiger partial charge in [-0.3, -0.25) is 5.20 Å². The van der Waals surface area contributed by atoms with Crippen LogP contribution in [0.4, 0.5) is 8.78 Å². The van der Waals surface area contributed by atoms with Crippen molar-refractivity contribution in [2.24, 2.45) is 5.10 Å². The van der Waals surface area contributed by atoms with Crippen molar-refractivity contribution < 1.29 is 13.5 Å². The van der Waals surface area contributed by atoms with E-state index in [4.69, 9.17) is 11.8 Å². The number of ether oxygens (including phenoxy) is 1. The highest BCUT2D eigenvalue weighted by atomic mass is 32.4. The van der Waals surface area contributed by atoms with E-state index in [1.54, 1.807) is 18.3 Å². The lowest BCUT2D eigenvalue weighted by atomic mass is 10.2. The summed E-state index contributed by atoms with van der Waals surface area (Å²) < 4.78 is 28.8. The lowest BCUT2D eigenvalue weighted by Crippen LogP contribution is -2.24. The maximum Gasteiger partial charge on any atom is 0.387 e. The molecule has 1 N–H and O–H groups in total. The Hall–Kier alpha value is -2.56. The molecule has 3 aromatic carbocycles. The summed E-state index contributed by atoms with van der Waals surface area (Å²) in [5.74, 6) is 0.105. The van der Waals surface area contributed by atoms with Crippen molar-refractivity contribution in [1.29, 1.82) is 0 Å². The zero-order valence-corrected chi connectivity index (χ0v) is 15.9. The number of benzene rings is 3. The summed E-state index contributed by atoms with van der Waals surface area (Å²) >= 11 is 6.00. The molecule has 0 saturated heterocycles. The van der Waals surface area contributed by atoms with Gasteiger partial charge in [0.2, 0.25) is 0 Å². The van der Waals surface area contributed by atoms with E-state index >= 15 is 0 Å². The minimum atomic E-state index is -2.84. The second kappa shape index (κ2) is 8.89. The molecule has 0 heterocycles. The Bertz CT molecular complexity index is 892. The number of rotatable bonds is 7. The van der Waals surface area contributed by atoms with Gasteiger partial charge in [-0.25, -0.2) is 0 Å². The Balaban J connectivity index is 1.81. The van der Waals surface area contributed by atoms with Crippen LogP contribution in [0.5, 0.6) is 5.75 Å². The zero-order chi connectivity index (χ0) is 19.1. The first-order chi connectivity index (χ1) is 13.1. The summed E-state index contributed by atoms with van der Waals surface area (Å²) in [5.41, 5.74) is 0.742. The van der Waals surface area contributed by atoms with Crippen molar-refractivity contribution >= 4 is 34.8 Å². The monoisotopic (exact) mass is 402 g/mol. The van der Waals surface area contributed by atoms with Crippen LogP contribution in [0, 0.1) is 0 Å². The Morgan fingerprint density at radius 3 is 1.85 bits per heavy atom. The van der Waals surface area contributed by atoms with E-state index in [0.717, 1.165) is 16.2 Å². The van der Waals surface area contributed by atoms with Gasteiger partial charge in [-0.05, 0) is 29.8 Å². The largest absolute Gasteiger partial charge is 0.435 e. The predicted octanol–water partition coefficient (Wildman–Crippen LogP) is 4.26. The molecule has 0 aliphatic carbocycles. The quantitative estimate of drug-likeness (QED) is 0.364. The van der Waals surface area contributed by atoms with Gasteiger partial charge in [-0.1, -0.05) is 72.5 Å². The molecular weight excluding hydrogens is 385 g/mol. The van der Waals surface area contributed by atoms with Gasteiger partial charge in [0.05, 0.1) is 6.21 Å². The van der Waals surface area contributed by atoms with E-state index in [0.29, 0.717) is 0 Å². The molecule has 138 valence electrons. The van der Waals surface area contributed by atoms with Crippen molar-refractivity contribution in [3.63, 3.8) is 0 Å². The molecule has 3 aromatic rings. The first kappa shape index (κ1) is 19.2. The van der Waals surface area contributed by atoms with E-state index in [1.165, 1.54) is 12.1 Å². The van der Waals surface area contributed by atoms with Crippen LogP contribution in [-0.2, 0) is 11.8 Å². The Morgan fingerprint density at radius 2 is 1.37 bits per heavy atom. The zero-order valence-electron chi connectivity index (χ0n) is 14.2. The number of nitrogens with one attached hydrogen (secondary N) is 1. The van der Waals surface area contributed by atoms with E-state index < -0.39 is 12.8 Å². The molecule has 0 atom stereocenters. The van der Waals surface area contributed by atoms with E-state index in [9.17, 15) is 8.78 Å². The first-order valence-electron chi connectivity index (χ1n) is 8.14. The lowest BCUT2D eigenvalue weighted by molar-refractivity contribution is -0.0498. The highest BCUT2D eigenvalue weighted by Crippen LogP contribution is 2.38. The summed E-state index contributed by atoms with van der Waals surface area (Å²) in [7, 11) is 0. The molecular formula is C20H17F2N2OPS. The number of nitrogens with zero attached hydrogens (tertiary/aromatic N) is 1. The van der Waals surface area contributed by atoms with Gasteiger partial charge in [-0.15, -0.1) is 0 Å². The topological polar surface area (TPSA) is 33.6 Å². The third-order valence-electron chi connectivity index (χ3n) is 3.76. The summed E-state index contributed by atoms with van der Waals surface area (Å²) in [6.07, 6.45) is -0.718. The van der Waals surface area contributed by atoms with E-state index in [-0.39, 0.29) is 5.75 Å². The third kappa shape index (κ3) is 5.00. The molecule has 3 rings (SSSR count). The summed E-state index contributed by atoms with van der Waals surface area (Å²) in [4.78, 5) is 0. The van der Waals surface area contributed by atoms with Crippen LogP contribution in [0.25, 0.3) is 0 Å². The highest BCUT2D eigenvalue weighted by Gasteiger charge is 2.21. The normalized spacial score (nSPS) is 11.7. The number of hydrazone groups is 1. The molecule has 0 fully saturated rings. The fourth-order valence-corrected chi connectivity index (χ4v) is 5.27. The minimum absolute atomic E-state index is 0.105. The fourth-order valence-electron chi connectivity index (χ4n) is 2.46. The van der Waals surface area contributed by atoms with Gasteiger partial charge in [0.15, 0.2) is 0 Å². The molecule has 0 aromatic heterocycles. The predicted molar refractivity (Wildman–Crippen MR) is 110 cm³/mol. The van der Waals surface area contributed by atoms with Crippen molar-refractivity contribution in [2.75, 3.05) is 0 Å². The molecule has 0 spiro atoms. The van der Waals surface area contributed by atoms with Gasteiger partial charge in [-0.2, -0.15) is 13.9 Å². The molecule has 0 unspecified atom stereocenters. The van der Waals surface area contributed by atoms with Crippen LogP contribution in [0.2, 0.25) is 0 Å². The number of alkyl halides is 2. The van der Waals surface area contributed by atoms with Crippen LogP contribution in [0.3, 0.4) is 0 Å². The van der Waals surface area contributed by atoms with Gasteiger partial charge in [0.25, 0.3) is 0 Å². The lowest BCUT2D eigenvalue weighted by Gasteiger charge is -2.22. The maximum atomic E-state index is 12.2. The second-order valence-corrected chi connectivity index (χ2v) is 9.68. The number of halogens is 2. The fraction of sp³-hybridized carbons (Fsp3) is 0.0500. The standard InChI is InChI=1S/C20H17F2N2OPS/c21-20(22)25-17-13-11-16(12-14-17)15-23-24-26(27,18-7-3-1-4-8-18)19-9-5-2-6-10-19/h1-15,20H,(H,24,27). The molecule has 0 saturated carbocycles. The Morgan fingerprint density at radius 1 is 0.852 bits per heavy atom. The number of hydrogen-bond acceptors (Lipinski definition) is 3. The third-order valence-corrected chi connectivity index (χ3v) is 7.71. The molecule has 0 radical (unpaired) electrons. The van der Waals surface area contributed by atoms with Crippen LogP contribution < -0.4 is 20.5 Å². The van der Waals surface area contributed by atoms with Crippen molar-refractivity contribution in [3.05, 3.63) is 90.5 Å². The van der Waals surface area contributed by atoms with Crippen LogP contribution in [-0.4, -0.2) is 12.8 Å². The molecule has 0 aliphatic rings. The van der Waals surface area contributed by atoms with Crippen LogP contribution >= 0.6 is 6.19 Å². The van der Waals surface area contributed by atoms with E-state index in [1.807, 2.05) is 60.7 Å². The highest BCUT2D eigenvalue weighted by molar-refractivity contribution is 8.20. The first-order valence-corrected chi connectivity index (χ1v) is 10.9. The van der Waals surface area contributed by atoms with Gasteiger partial charge < -0.3 is 4.74 Å². The molecule has 7 heteroatoms. The van der Waals surface area contributed by atoms with Gasteiger partial charge in [0.1, 0.15) is 11.9 Å².